The molecule has 0 aliphatic carbocycles. The molecule has 2 fully saturated rings. The van der Waals surface area contributed by atoms with Crippen molar-refractivity contribution < 1.29 is 18.0 Å². The molecule has 3 rings (SSSR count). The van der Waals surface area contributed by atoms with Crippen LogP contribution >= 0.6 is 0 Å². The van der Waals surface area contributed by atoms with Gasteiger partial charge in [-0.1, -0.05) is 38.8 Å². The largest absolute Gasteiger partial charge is 0.350 e. The van der Waals surface area contributed by atoms with E-state index in [9.17, 15) is 18.0 Å². The van der Waals surface area contributed by atoms with E-state index in [1.54, 1.807) is 34.6 Å². The maximum absolute atomic E-state index is 12.9. The molecule has 1 N–H and O–H groups in total. The van der Waals surface area contributed by atoms with Crippen LogP contribution in [0, 0.1) is 5.92 Å². The number of hydrogen-bond donors (Lipinski definition) is 1. The quantitative estimate of drug-likeness (QED) is 0.660. The van der Waals surface area contributed by atoms with Crippen LogP contribution in [0.15, 0.2) is 35.2 Å². The zero-order valence-electron chi connectivity index (χ0n) is 19.1. The summed E-state index contributed by atoms with van der Waals surface area (Å²) in [6.07, 6.45) is 8.63. The maximum atomic E-state index is 12.9. The molecule has 0 aromatic heterocycles. The summed E-state index contributed by atoms with van der Waals surface area (Å²) in [5.41, 5.74) is 0.771. The molecule has 0 atom stereocenters. The summed E-state index contributed by atoms with van der Waals surface area (Å²) in [6, 6.07) is 6.73. The molecule has 0 radical (unpaired) electrons. The minimum absolute atomic E-state index is 0.00481. The topological polar surface area (TPSA) is 86.8 Å². The third-order valence-corrected chi connectivity index (χ3v) is 8.07. The van der Waals surface area contributed by atoms with Crippen molar-refractivity contribution in [2.45, 2.75) is 63.3 Å². The average Bonchev–Trinajstić information content (AvgIpc) is 3.08. The van der Waals surface area contributed by atoms with Gasteiger partial charge < -0.3 is 10.2 Å². The Kier molecular flexibility index (Phi) is 8.48. The summed E-state index contributed by atoms with van der Waals surface area (Å²) in [6.45, 7) is 6.29. The first-order valence-electron chi connectivity index (χ1n) is 11.6. The highest BCUT2D eigenvalue weighted by Gasteiger charge is 2.26. The summed E-state index contributed by atoms with van der Waals surface area (Å²) in [5, 5.41) is 3.00. The van der Waals surface area contributed by atoms with E-state index in [-0.39, 0.29) is 23.8 Å². The lowest BCUT2D eigenvalue weighted by atomic mass is 10.0. The number of nitrogens with one attached hydrogen (secondary N) is 1. The Hall–Kier alpha value is -2.19. The Labute approximate surface area is 191 Å². The van der Waals surface area contributed by atoms with E-state index < -0.39 is 10.0 Å². The summed E-state index contributed by atoms with van der Waals surface area (Å²) in [7, 11) is -3.47. The zero-order valence-corrected chi connectivity index (χ0v) is 19.9. The Morgan fingerprint density at radius 2 is 1.56 bits per heavy atom. The Balaban J connectivity index is 1.51. The summed E-state index contributed by atoms with van der Waals surface area (Å²) in [4.78, 5) is 26.5. The highest BCUT2D eigenvalue weighted by molar-refractivity contribution is 7.89. The number of hydrogen-bond acceptors (Lipinski definition) is 4. The number of sulfonamides is 1. The Morgan fingerprint density at radius 3 is 2.12 bits per heavy atom. The average molecular weight is 462 g/mol. The van der Waals surface area contributed by atoms with E-state index in [0.717, 1.165) is 44.1 Å². The van der Waals surface area contributed by atoms with Crippen LogP contribution in [0.25, 0.3) is 6.08 Å². The highest BCUT2D eigenvalue weighted by Crippen LogP contribution is 2.21. The van der Waals surface area contributed by atoms with E-state index in [4.69, 9.17) is 0 Å². The fraction of sp³-hybridized carbons (Fsp3) is 0.583. The second kappa shape index (κ2) is 11.1. The number of amides is 2. The number of piperidine rings is 1. The Bertz CT molecular complexity index is 909. The molecule has 2 amide bonds. The van der Waals surface area contributed by atoms with Gasteiger partial charge in [-0.15, -0.1) is 0 Å². The van der Waals surface area contributed by atoms with Crippen molar-refractivity contribution in [3.8, 4) is 0 Å². The van der Waals surface area contributed by atoms with Crippen LogP contribution in [0.4, 0.5) is 0 Å². The van der Waals surface area contributed by atoms with Gasteiger partial charge in [-0.2, -0.15) is 4.31 Å². The lowest BCUT2D eigenvalue weighted by molar-refractivity contribution is -0.135. The fourth-order valence-electron chi connectivity index (χ4n) is 4.21. The van der Waals surface area contributed by atoms with Crippen LogP contribution in [0.5, 0.6) is 0 Å². The third kappa shape index (κ3) is 6.42. The summed E-state index contributed by atoms with van der Waals surface area (Å²) in [5.74, 6) is -0.0225. The van der Waals surface area contributed by atoms with Crippen LogP contribution in [-0.4, -0.2) is 61.7 Å². The number of rotatable bonds is 6. The van der Waals surface area contributed by atoms with Gasteiger partial charge in [-0.25, -0.2) is 8.42 Å². The summed E-state index contributed by atoms with van der Waals surface area (Å²) < 4.78 is 27.3. The molecule has 0 unspecified atom stereocenters. The molecule has 1 aromatic rings. The van der Waals surface area contributed by atoms with Crippen molar-refractivity contribution in [1.29, 1.82) is 0 Å². The molecule has 0 spiro atoms. The minimum atomic E-state index is -3.47. The molecular weight excluding hydrogens is 426 g/mol. The molecule has 176 valence electrons. The number of likely N-dealkylation sites (tertiary alicyclic amines) is 1. The van der Waals surface area contributed by atoms with Crippen molar-refractivity contribution in [3.05, 3.63) is 35.9 Å². The first-order chi connectivity index (χ1) is 15.3. The van der Waals surface area contributed by atoms with Gasteiger partial charge in [0.25, 0.3) is 0 Å². The first-order valence-corrected chi connectivity index (χ1v) is 13.1. The molecule has 7 nitrogen and oxygen atoms in total. The number of carbonyl (C=O) groups excluding carboxylic acids is 2. The van der Waals surface area contributed by atoms with Crippen LogP contribution in [-0.2, 0) is 19.6 Å². The fourth-order valence-corrected chi connectivity index (χ4v) is 5.73. The number of benzene rings is 1. The van der Waals surface area contributed by atoms with Crippen LogP contribution in [0.1, 0.15) is 57.9 Å². The van der Waals surface area contributed by atoms with Crippen molar-refractivity contribution in [2.24, 2.45) is 5.92 Å². The van der Waals surface area contributed by atoms with E-state index in [0.29, 0.717) is 31.1 Å². The van der Waals surface area contributed by atoms with Crippen LogP contribution in [0.3, 0.4) is 0 Å². The molecule has 2 aliphatic heterocycles. The number of carbonyl (C=O) groups is 2. The minimum Gasteiger partial charge on any atom is -0.350 e. The molecule has 8 heteroatoms. The SMILES string of the molecule is CC(C)C(=O)N1CCC(NC(=O)/C=C/c2ccc(S(=O)(=O)N3CCCCCC3)cc2)CC1. The van der Waals surface area contributed by atoms with Crippen LogP contribution < -0.4 is 5.32 Å². The highest BCUT2D eigenvalue weighted by atomic mass is 32.2. The predicted octanol–water partition coefficient (Wildman–Crippen LogP) is 3.03. The second-order valence-corrected chi connectivity index (χ2v) is 10.9. The van der Waals surface area contributed by atoms with Gasteiger partial charge in [-0.05, 0) is 49.5 Å². The smallest absolute Gasteiger partial charge is 0.244 e. The van der Waals surface area contributed by atoms with Crippen molar-refractivity contribution in [1.82, 2.24) is 14.5 Å². The van der Waals surface area contributed by atoms with Gasteiger partial charge in [0.1, 0.15) is 0 Å². The van der Waals surface area contributed by atoms with Crippen molar-refractivity contribution in [2.75, 3.05) is 26.2 Å². The standard InChI is InChI=1S/C24H35N3O4S/c1-19(2)24(29)26-17-13-21(14-18-26)25-23(28)12-9-20-7-10-22(11-8-20)32(30,31)27-15-5-3-4-6-16-27/h7-12,19,21H,3-6,13-18H2,1-2H3,(H,25,28)/b12-9+. The molecule has 1 aromatic carbocycles. The molecule has 2 aliphatic rings. The van der Waals surface area contributed by atoms with E-state index in [1.807, 2.05) is 18.7 Å². The van der Waals surface area contributed by atoms with Gasteiger partial charge in [0.15, 0.2) is 0 Å². The van der Waals surface area contributed by atoms with Gasteiger partial charge in [0.05, 0.1) is 4.90 Å². The zero-order chi connectivity index (χ0) is 23.1. The lowest BCUT2D eigenvalue weighted by Gasteiger charge is -2.33. The maximum Gasteiger partial charge on any atom is 0.244 e. The molecule has 2 saturated heterocycles. The second-order valence-electron chi connectivity index (χ2n) is 8.98. The van der Waals surface area contributed by atoms with Gasteiger partial charge in [-0.3, -0.25) is 9.59 Å². The summed E-state index contributed by atoms with van der Waals surface area (Å²) >= 11 is 0. The molecule has 2 heterocycles. The third-order valence-electron chi connectivity index (χ3n) is 6.16. The van der Waals surface area contributed by atoms with Crippen LogP contribution in [0.2, 0.25) is 0 Å². The predicted molar refractivity (Wildman–Crippen MR) is 125 cm³/mol. The van der Waals surface area contributed by atoms with Crippen molar-refractivity contribution >= 4 is 27.9 Å². The van der Waals surface area contributed by atoms with E-state index >= 15 is 0 Å². The molecule has 32 heavy (non-hydrogen) atoms. The lowest BCUT2D eigenvalue weighted by Crippen LogP contribution is -2.47. The normalized spacial score (nSPS) is 19.3. The van der Waals surface area contributed by atoms with Gasteiger partial charge >= 0.3 is 0 Å². The van der Waals surface area contributed by atoms with E-state index in [2.05, 4.69) is 5.32 Å². The van der Waals surface area contributed by atoms with Gasteiger partial charge in [0.2, 0.25) is 21.8 Å². The molecule has 0 bridgehead atoms. The number of nitrogens with zero attached hydrogens (tertiary/aromatic N) is 2. The first kappa shape index (κ1) is 24.5. The molecular formula is C24H35N3O4S. The van der Waals surface area contributed by atoms with Gasteiger partial charge in [0, 0.05) is 44.2 Å². The van der Waals surface area contributed by atoms with E-state index in [1.165, 1.54) is 6.08 Å². The Morgan fingerprint density at radius 1 is 0.969 bits per heavy atom. The van der Waals surface area contributed by atoms with Crippen molar-refractivity contribution in [3.63, 3.8) is 0 Å². The monoisotopic (exact) mass is 461 g/mol. The molecule has 0 saturated carbocycles.